The van der Waals surface area contributed by atoms with Crippen molar-refractivity contribution >= 4 is 49.8 Å². The molecule has 2 N–H and O–H groups in total. The van der Waals surface area contributed by atoms with Gasteiger partial charge < -0.3 is 10.1 Å². The van der Waals surface area contributed by atoms with Gasteiger partial charge in [0.05, 0.1) is 10.7 Å². The number of urea groups is 1. The van der Waals surface area contributed by atoms with Gasteiger partial charge in [-0.15, -0.1) is 0 Å². The summed E-state index contributed by atoms with van der Waals surface area (Å²) in [6.45, 7) is 2.40. The van der Waals surface area contributed by atoms with Crippen LogP contribution in [0, 0.1) is 6.92 Å². The molecule has 0 aliphatic heterocycles. The second-order valence-corrected chi connectivity index (χ2v) is 8.01. The minimum absolute atomic E-state index is 0.399. The van der Waals surface area contributed by atoms with E-state index in [4.69, 9.17) is 4.74 Å². The molecule has 2 amide bonds. The van der Waals surface area contributed by atoms with Crippen molar-refractivity contribution in [3.05, 3.63) is 92.4 Å². The van der Waals surface area contributed by atoms with Crippen molar-refractivity contribution in [2.75, 3.05) is 5.32 Å². The van der Waals surface area contributed by atoms with Gasteiger partial charge in [0.25, 0.3) is 0 Å². The number of benzene rings is 3. The third-order valence-electron chi connectivity index (χ3n) is 4.04. The van der Waals surface area contributed by atoms with Crippen LogP contribution in [0.5, 0.6) is 5.75 Å². The summed E-state index contributed by atoms with van der Waals surface area (Å²) in [5.74, 6) is 0.732. The fourth-order valence-electron chi connectivity index (χ4n) is 2.49. The molecule has 3 rings (SSSR count). The fraction of sp³-hybridized carbons (Fsp3) is 0.0909. The van der Waals surface area contributed by atoms with E-state index in [-0.39, 0.29) is 0 Å². The average Bonchev–Trinajstić information content (AvgIpc) is 2.70. The van der Waals surface area contributed by atoms with Gasteiger partial charge in [0.1, 0.15) is 12.4 Å². The number of aryl methyl sites for hydroxylation is 1. The maximum atomic E-state index is 11.9. The number of carbonyl (C=O) groups is 1. The second-order valence-electron chi connectivity index (χ2n) is 6.24. The molecule has 5 nitrogen and oxygen atoms in total. The molecule has 0 aromatic heterocycles. The van der Waals surface area contributed by atoms with Gasteiger partial charge in [-0.2, -0.15) is 5.10 Å². The predicted octanol–water partition coefficient (Wildman–Crippen LogP) is 6.25. The van der Waals surface area contributed by atoms with Crippen LogP contribution in [0.4, 0.5) is 10.5 Å². The summed E-state index contributed by atoms with van der Waals surface area (Å²) in [6, 6.07) is 20.7. The Hall–Kier alpha value is -2.64. The number of nitrogens with one attached hydrogen (secondary N) is 2. The number of nitrogens with zero attached hydrogens (tertiary/aromatic N) is 1. The second kappa shape index (κ2) is 10.2. The maximum Gasteiger partial charge on any atom is 0.339 e. The molecule has 0 saturated carbocycles. The van der Waals surface area contributed by atoms with Crippen LogP contribution in [0.1, 0.15) is 16.7 Å². The number of hydrogen-bond acceptors (Lipinski definition) is 3. The Bertz CT molecular complexity index is 1020. The molecule has 0 fully saturated rings. The van der Waals surface area contributed by atoms with Crippen LogP contribution < -0.4 is 15.5 Å². The van der Waals surface area contributed by atoms with E-state index < -0.39 is 6.03 Å². The van der Waals surface area contributed by atoms with Gasteiger partial charge in [-0.3, -0.25) is 0 Å². The highest BCUT2D eigenvalue weighted by molar-refractivity contribution is 9.10. The predicted molar refractivity (Wildman–Crippen MR) is 124 cm³/mol. The van der Waals surface area contributed by atoms with Gasteiger partial charge >= 0.3 is 6.03 Å². The molecule has 0 saturated heterocycles. The first-order valence-corrected chi connectivity index (χ1v) is 10.4. The third kappa shape index (κ3) is 6.44. The summed E-state index contributed by atoms with van der Waals surface area (Å²) in [5.41, 5.74) is 6.09. The Balaban J connectivity index is 1.53. The van der Waals surface area contributed by atoms with Crippen molar-refractivity contribution in [3.63, 3.8) is 0 Å². The third-order valence-corrected chi connectivity index (χ3v) is 5.18. The van der Waals surface area contributed by atoms with Crippen molar-refractivity contribution < 1.29 is 9.53 Å². The van der Waals surface area contributed by atoms with Crippen molar-refractivity contribution in [1.29, 1.82) is 0 Å². The Labute approximate surface area is 186 Å². The number of hydrazone groups is 1. The van der Waals surface area contributed by atoms with Crippen LogP contribution in [0.25, 0.3) is 0 Å². The lowest BCUT2D eigenvalue weighted by atomic mass is 10.2. The maximum absolute atomic E-state index is 11.9. The molecule has 0 atom stereocenters. The number of amides is 2. The molecule has 0 heterocycles. The lowest BCUT2D eigenvalue weighted by molar-refractivity contribution is 0.252. The Morgan fingerprint density at radius 1 is 1.07 bits per heavy atom. The molecule has 0 aliphatic carbocycles. The lowest BCUT2D eigenvalue weighted by Crippen LogP contribution is -2.24. The molecule has 0 spiro atoms. The summed E-state index contributed by atoms with van der Waals surface area (Å²) in [5, 5.41) is 6.74. The first-order chi connectivity index (χ1) is 14.0. The average molecular weight is 517 g/mol. The van der Waals surface area contributed by atoms with Crippen LogP contribution in [-0.2, 0) is 6.61 Å². The van der Waals surface area contributed by atoms with Crippen LogP contribution in [-0.4, -0.2) is 12.2 Å². The normalized spacial score (nSPS) is 10.7. The highest BCUT2D eigenvalue weighted by Crippen LogP contribution is 2.26. The first-order valence-electron chi connectivity index (χ1n) is 8.84. The minimum Gasteiger partial charge on any atom is -0.488 e. The van der Waals surface area contributed by atoms with Crippen molar-refractivity contribution in [2.45, 2.75) is 13.5 Å². The highest BCUT2D eigenvalue weighted by atomic mass is 79.9. The fourth-order valence-corrected chi connectivity index (χ4v) is 3.26. The van der Waals surface area contributed by atoms with Crippen LogP contribution in [0.15, 0.2) is 80.8 Å². The van der Waals surface area contributed by atoms with Crippen molar-refractivity contribution in [1.82, 2.24) is 5.43 Å². The zero-order valence-electron chi connectivity index (χ0n) is 15.7. The van der Waals surface area contributed by atoms with Gasteiger partial charge in [-0.25, -0.2) is 10.2 Å². The van der Waals surface area contributed by atoms with Gasteiger partial charge in [0.15, 0.2) is 0 Å². The number of anilines is 1. The molecule has 0 unspecified atom stereocenters. The number of halogens is 2. The molecule has 0 aliphatic rings. The Morgan fingerprint density at radius 2 is 1.83 bits per heavy atom. The van der Waals surface area contributed by atoms with Gasteiger partial charge in [-0.1, -0.05) is 46.3 Å². The van der Waals surface area contributed by atoms with Crippen molar-refractivity contribution in [3.8, 4) is 5.75 Å². The topological polar surface area (TPSA) is 62.7 Å². The van der Waals surface area contributed by atoms with E-state index in [2.05, 4.69) is 47.7 Å². The van der Waals surface area contributed by atoms with E-state index in [1.165, 1.54) is 0 Å². The molecule has 0 bridgehead atoms. The molecule has 29 heavy (non-hydrogen) atoms. The van der Waals surface area contributed by atoms with E-state index in [1.54, 1.807) is 6.21 Å². The standard InChI is InChI=1S/C22H19Br2N3O2/c1-15-4-2-3-5-20(15)26-22(28)27-25-13-17-8-11-21(19(24)12-17)29-14-16-6-9-18(23)10-7-16/h2-13H,14H2,1H3,(H2,26,27,28). The summed E-state index contributed by atoms with van der Waals surface area (Å²) in [6.07, 6.45) is 1.57. The molecule has 7 heteroatoms. The zero-order chi connectivity index (χ0) is 20.6. The van der Waals surface area contributed by atoms with Crippen LogP contribution >= 0.6 is 31.9 Å². The zero-order valence-corrected chi connectivity index (χ0v) is 18.8. The smallest absolute Gasteiger partial charge is 0.339 e. The summed E-state index contributed by atoms with van der Waals surface area (Å²) >= 11 is 6.93. The molecule has 3 aromatic rings. The quantitative estimate of drug-likeness (QED) is 0.300. The van der Waals surface area contributed by atoms with E-state index in [0.717, 1.165) is 37.1 Å². The first kappa shape index (κ1) is 21.1. The van der Waals surface area contributed by atoms with E-state index >= 15 is 0 Å². The molecule has 0 radical (unpaired) electrons. The molecular formula is C22H19Br2N3O2. The van der Waals surface area contributed by atoms with E-state index in [0.29, 0.717) is 6.61 Å². The number of ether oxygens (including phenoxy) is 1. The summed E-state index contributed by atoms with van der Waals surface area (Å²) in [7, 11) is 0. The number of hydrogen-bond donors (Lipinski definition) is 2. The molecule has 148 valence electrons. The van der Waals surface area contributed by atoms with E-state index in [1.807, 2.05) is 73.7 Å². The number of carbonyl (C=O) groups excluding carboxylic acids is 1. The van der Waals surface area contributed by atoms with E-state index in [9.17, 15) is 4.79 Å². The van der Waals surface area contributed by atoms with Crippen molar-refractivity contribution in [2.24, 2.45) is 5.10 Å². The van der Waals surface area contributed by atoms with Crippen LogP contribution in [0.2, 0.25) is 0 Å². The number of para-hydroxylation sites is 1. The SMILES string of the molecule is Cc1ccccc1NC(=O)NN=Cc1ccc(OCc2ccc(Br)cc2)c(Br)c1. The number of rotatable bonds is 6. The van der Waals surface area contributed by atoms with Gasteiger partial charge in [-0.05, 0) is 75.9 Å². The van der Waals surface area contributed by atoms with Crippen LogP contribution in [0.3, 0.4) is 0 Å². The molecule has 3 aromatic carbocycles. The Morgan fingerprint density at radius 3 is 2.55 bits per heavy atom. The highest BCUT2D eigenvalue weighted by Gasteiger charge is 2.04. The summed E-state index contributed by atoms with van der Waals surface area (Å²) in [4.78, 5) is 11.9. The summed E-state index contributed by atoms with van der Waals surface area (Å²) < 4.78 is 7.69. The minimum atomic E-state index is -0.399. The monoisotopic (exact) mass is 515 g/mol. The van der Waals surface area contributed by atoms with Gasteiger partial charge in [0, 0.05) is 10.2 Å². The van der Waals surface area contributed by atoms with Gasteiger partial charge in [0.2, 0.25) is 0 Å². The lowest BCUT2D eigenvalue weighted by Gasteiger charge is -2.09. The largest absolute Gasteiger partial charge is 0.488 e. The molecular weight excluding hydrogens is 498 g/mol. The Kier molecular flexibility index (Phi) is 7.43.